The second kappa shape index (κ2) is 5.36. The van der Waals surface area contributed by atoms with Gasteiger partial charge in [0.05, 0.1) is 12.5 Å². The lowest BCUT2D eigenvalue weighted by Gasteiger charge is -2.16. The van der Waals surface area contributed by atoms with Crippen molar-refractivity contribution < 1.29 is 13.2 Å². The molecule has 0 aliphatic heterocycles. The molecular weight excluding hydrogens is 269 g/mol. The van der Waals surface area contributed by atoms with Crippen LogP contribution in [0.25, 0.3) is 0 Å². The fraction of sp³-hybridized carbons (Fsp3) is 0.231. The summed E-state index contributed by atoms with van der Waals surface area (Å²) in [6, 6.07) is 9.85. The zero-order valence-corrected chi connectivity index (χ0v) is 10.4. The number of alkyl halides is 3. The van der Waals surface area contributed by atoms with E-state index < -0.39 is 17.8 Å². The molecule has 0 aliphatic carbocycles. The highest BCUT2D eigenvalue weighted by atomic mass is 19.4. The summed E-state index contributed by atoms with van der Waals surface area (Å²) in [6.45, 7) is 0.0927. The van der Waals surface area contributed by atoms with E-state index in [1.54, 1.807) is 24.3 Å². The molecule has 1 aromatic heterocycles. The molecule has 3 N–H and O–H groups in total. The van der Waals surface area contributed by atoms with E-state index in [1.165, 1.54) is 6.20 Å². The van der Waals surface area contributed by atoms with Gasteiger partial charge >= 0.3 is 6.18 Å². The minimum absolute atomic E-state index is 0.0927. The molecule has 1 unspecified atom stereocenters. The molecule has 7 heteroatoms. The van der Waals surface area contributed by atoms with E-state index in [1.807, 2.05) is 6.07 Å². The van der Waals surface area contributed by atoms with Crippen LogP contribution in [0.4, 0.5) is 13.2 Å². The van der Waals surface area contributed by atoms with Gasteiger partial charge in [0.25, 0.3) is 0 Å². The third-order valence-electron chi connectivity index (χ3n) is 2.88. The van der Waals surface area contributed by atoms with Crippen LogP contribution in [0.3, 0.4) is 0 Å². The predicted octanol–water partition coefficient (Wildman–Crippen LogP) is 2.62. The standard InChI is InChI=1S/C13H13F3N4/c14-13(15,16)11-6-7-20(19-11)8-10(12(17)18)9-4-2-1-3-5-9/h1-7,10H,8H2,(H3,17,18). The summed E-state index contributed by atoms with van der Waals surface area (Å²) in [4.78, 5) is 0. The Morgan fingerprint density at radius 3 is 2.40 bits per heavy atom. The van der Waals surface area contributed by atoms with Crippen LogP contribution >= 0.6 is 0 Å². The average Bonchev–Trinajstić information content (AvgIpc) is 2.85. The zero-order valence-electron chi connectivity index (χ0n) is 10.4. The molecule has 0 aliphatic rings. The number of nitrogens with zero attached hydrogens (tertiary/aromatic N) is 2. The van der Waals surface area contributed by atoms with Crippen LogP contribution < -0.4 is 5.73 Å². The number of nitrogens with two attached hydrogens (primary N) is 1. The summed E-state index contributed by atoms with van der Waals surface area (Å²) < 4.78 is 38.6. The summed E-state index contributed by atoms with van der Waals surface area (Å²) in [5.74, 6) is -0.613. The average molecular weight is 282 g/mol. The molecule has 20 heavy (non-hydrogen) atoms. The highest BCUT2D eigenvalue weighted by molar-refractivity contribution is 5.84. The van der Waals surface area contributed by atoms with Gasteiger partial charge in [-0.25, -0.2) is 0 Å². The maximum absolute atomic E-state index is 12.5. The Bertz CT molecular complexity index is 589. The monoisotopic (exact) mass is 282 g/mol. The lowest BCUT2D eigenvalue weighted by atomic mass is 9.98. The number of hydrogen-bond acceptors (Lipinski definition) is 2. The van der Waals surface area contributed by atoms with Crippen molar-refractivity contribution in [3.63, 3.8) is 0 Å². The normalized spacial score (nSPS) is 13.2. The van der Waals surface area contributed by atoms with Gasteiger partial charge in [-0.1, -0.05) is 30.3 Å². The molecule has 0 radical (unpaired) electrons. The molecule has 2 aromatic rings. The number of halogens is 3. The van der Waals surface area contributed by atoms with Crippen molar-refractivity contribution in [2.24, 2.45) is 5.73 Å². The number of benzene rings is 1. The Morgan fingerprint density at radius 2 is 1.90 bits per heavy atom. The van der Waals surface area contributed by atoms with Gasteiger partial charge in [0.2, 0.25) is 0 Å². The number of rotatable bonds is 4. The van der Waals surface area contributed by atoms with E-state index in [9.17, 15) is 13.2 Å². The maximum Gasteiger partial charge on any atom is 0.435 e. The molecule has 0 saturated carbocycles. The Balaban J connectivity index is 2.22. The van der Waals surface area contributed by atoms with Crippen LogP contribution in [0.5, 0.6) is 0 Å². The molecule has 0 bridgehead atoms. The first-order valence-corrected chi connectivity index (χ1v) is 5.87. The molecule has 106 valence electrons. The van der Waals surface area contributed by atoms with Crippen molar-refractivity contribution >= 4 is 5.84 Å². The van der Waals surface area contributed by atoms with Crippen molar-refractivity contribution in [1.29, 1.82) is 5.41 Å². The predicted molar refractivity (Wildman–Crippen MR) is 68.3 cm³/mol. The lowest BCUT2D eigenvalue weighted by Crippen LogP contribution is -2.25. The topological polar surface area (TPSA) is 67.7 Å². The fourth-order valence-corrected chi connectivity index (χ4v) is 1.87. The summed E-state index contributed by atoms with van der Waals surface area (Å²) in [7, 11) is 0. The SMILES string of the molecule is N=C(N)C(Cn1ccc(C(F)(F)F)n1)c1ccccc1. The Kier molecular flexibility index (Phi) is 3.78. The maximum atomic E-state index is 12.5. The van der Waals surface area contributed by atoms with Crippen LogP contribution in [-0.2, 0) is 12.7 Å². The van der Waals surface area contributed by atoms with Crippen LogP contribution in [-0.4, -0.2) is 15.6 Å². The number of hydrogen-bond donors (Lipinski definition) is 2. The van der Waals surface area contributed by atoms with Crippen LogP contribution in [0.1, 0.15) is 17.2 Å². The molecule has 0 spiro atoms. The molecule has 2 rings (SSSR count). The minimum atomic E-state index is -4.47. The largest absolute Gasteiger partial charge is 0.435 e. The smallest absolute Gasteiger partial charge is 0.387 e. The molecule has 1 aromatic carbocycles. The Labute approximate surface area is 113 Å². The molecule has 4 nitrogen and oxygen atoms in total. The van der Waals surface area contributed by atoms with E-state index in [4.69, 9.17) is 11.1 Å². The van der Waals surface area contributed by atoms with Crippen molar-refractivity contribution in [2.75, 3.05) is 0 Å². The summed E-state index contributed by atoms with van der Waals surface area (Å²) in [5, 5.41) is 11.1. The molecule has 0 amide bonds. The quantitative estimate of drug-likeness (QED) is 0.668. The van der Waals surface area contributed by atoms with Gasteiger partial charge in [-0.15, -0.1) is 0 Å². The minimum Gasteiger partial charge on any atom is -0.387 e. The van der Waals surface area contributed by atoms with E-state index in [-0.39, 0.29) is 12.4 Å². The molecule has 1 heterocycles. The van der Waals surface area contributed by atoms with Gasteiger partial charge in [0, 0.05) is 6.20 Å². The number of aromatic nitrogens is 2. The summed E-state index contributed by atoms with van der Waals surface area (Å²) >= 11 is 0. The molecular formula is C13H13F3N4. The van der Waals surface area contributed by atoms with Gasteiger partial charge in [-0.2, -0.15) is 18.3 Å². The Morgan fingerprint density at radius 1 is 1.25 bits per heavy atom. The molecule has 0 fully saturated rings. The first kappa shape index (κ1) is 14.1. The van der Waals surface area contributed by atoms with Crippen molar-refractivity contribution in [3.05, 3.63) is 53.9 Å². The van der Waals surface area contributed by atoms with E-state index in [0.717, 1.165) is 16.3 Å². The van der Waals surface area contributed by atoms with Gasteiger partial charge in [0.15, 0.2) is 5.69 Å². The number of nitrogens with one attached hydrogen (secondary N) is 1. The highest BCUT2D eigenvalue weighted by Gasteiger charge is 2.33. The van der Waals surface area contributed by atoms with Crippen LogP contribution in [0.2, 0.25) is 0 Å². The van der Waals surface area contributed by atoms with Crippen molar-refractivity contribution in [3.8, 4) is 0 Å². The van der Waals surface area contributed by atoms with Crippen LogP contribution in [0, 0.1) is 5.41 Å². The summed E-state index contributed by atoms with van der Waals surface area (Å²) in [6.07, 6.45) is -3.23. The molecule has 0 saturated heterocycles. The second-order valence-electron chi connectivity index (χ2n) is 4.34. The van der Waals surface area contributed by atoms with Crippen LogP contribution in [0.15, 0.2) is 42.6 Å². The highest BCUT2D eigenvalue weighted by Crippen LogP contribution is 2.27. The van der Waals surface area contributed by atoms with E-state index >= 15 is 0 Å². The first-order valence-electron chi connectivity index (χ1n) is 5.87. The number of amidine groups is 1. The molecule has 1 atom stereocenters. The third kappa shape index (κ3) is 3.17. The van der Waals surface area contributed by atoms with Gasteiger partial charge < -0.3 is 5.73 Å². The van der Waals surface area contributed by atoms with Gasteiger partial charge in [0.1, 0.15) is 5.84 Å². The summed E-state index contributed by atoms with van der Waals surface area (Å²) in [5.41, 5.74) is 5.35. The fourth-order valence-electron chi connectivity index (χ4n) is 1.87. The second-order valence-corrected chi connectivity index (χ2v) is 4.34. The van der Waals surface area contributed by atoms with Crippen molar-refractivity contribution in [1.82, 2.24) is 9.78 Å². The van der Waals surface area contributed by atoms with Gasteiger partial charge in [-0.3, -0.25) is 10.1 Å². The lowest BCUT2D eigenvalue weighted by molar-refractivity contribution is -0.141. The Hall–Kier alpha value is -2.31. The van der Waals surface area contributed by atoms with Gasteiger partial charge in [-0.05, 0) is 11.6 Å². The van der Waals surface area contributed by atoms with E-state index in [2.05, 4.69) is 5.10 Å². The van der Waals surface area contributed by atoms with E-state index in [0.29, 0.717) is 0 Å². The van der Waals surface area contributed by atoms with Crippen molar-refractivity contribution in [2.45, 2.75) is 18.6 Å². The third-order valence-corrected chi connectivity index (χ3v) is 2.88. The zero-order chi connectivity index (χ0) is 14.8. The first-order chi connectivity index (χ1) is 9.38.